The Labute approximate surface area is 182 Å². The van der Waals surface area contributed by atoms with E-state index in [9.17, 15) is 9.59 Å². The fourth-order valence-electron chi connectivity index (χ4n) is 4.37. The maximum atomic E-state index is 11.9. The lowest BCUT2D eigenvalue weighted by Crippen LogP contribution is -2.51. The van der Waals surface area contributed by atoms with Crippen molar-refractivity contribution in [3.05, 3.63) is 0 Å². The number of amides is 2. The molecule has 2 N–H and O–H groups in total. The molecule has 0 aromatic rings. The Morgan fingerprint density at radius 1 is 1.27 bits per heavy atom. The smallest absolute Gasteiger partial charge is 0.409 e. The summed E-state index contributed by atoms with van der Waals surface area (Å²) in [5.41, 5.74) is -0.159. The van der Waals surface area contributed by atoms with Crippen LogP contribution in [0.25, 0.3) is 0 Å². The summed E-state index contributed by atoms with van der Waals surface area (Å²) in [7, 11) is 2.20. The zero-order valence-electron chi connectivity index (χ0n) is 19.8. The number of likely N-dealkylation sites (tertiary alicyclic amines) is 1. The second-order valence-corrected chi connectivity index (χ2v) is 9.99. The van der Waals surface area contributed by atoms with Crippen LogP contribution in [-0.4, -0.2) is 86.0 Å². The van der Waals surface area contributed by atoms with Gasteiger partial charge in [-0.25, -0.2) is 9.59 Å². The predicted octanol–water partition coefficient (Wildman–Crippen LogP) is 2.82. The van der Waals surface area contributed by atoms with Gasteiger partial charge in [0.05, 0.1) is 6.61 Å². The number of carbonyl (C=O) groups excluding carboxylic acids is 2. The van der Waals surface area contributed by atoms with Crippen molar-refractivity contribution in [1.82, 2.24) is 20.4 Å². The second-order valence-electron chi connectivity index (χ2n) is 9.99. The van der Waals surface area contributed by atoms with Gasteiger partial charge >= 0.3 is 12.2 Å². The molecule has 30 heavy (non-hydrogen) atoms. The van der Waals surface area contributed by atoms with Crippen molar-refractivity contribution in [1.29, 1.82) is 0 Å². The number of hydrogen-bond donors (Lipinski definition) is 2. The number of carbonyl (C=O) groups is 2. The van der Waals surface area contributed by atoms with Gasteiger partial charge in [-0.05, 0) is 79.3 Å². The second kappa shape index (κ2) is 10.7. The van der Waals surface area contributed by atoms with E-state index >= 15 is 0 Å². The van der Waals surface area contributed by atoms with Gasteiger partial charge in [0.25, 0.3) is 0 Å². The molecular formula is C22H42N4O4. The van der Waals surface area contributed by atoms with Crippen molar-refractivity contribution < 1.29 is 19.1 Å². The lowest BCUT2D eigenvalue weighted by molar-refractivity contribution is 0.0180. The first-order valence-electron chi connectivity index (χ1n) is 11.4. The van der Waals surface area contributed by atoms with Crippen molar-refractivity contribution in [2.24, 2.45) is 5.41 Å². The Bertz CT molecular complexity index is 572. The van der Waals surface area contributed by atoms with Crippen LogP contribution in [0.1, 0.15) is 60.3 Å². The molecule has 0 bridgehead atoms. The van der Waals surface area contributed by atoms with E-state index < -0.39 is 5.60 Å². The van der Waals surface area contributed by atoms with Crippen LogP contribution in [-0.2, 0) is 9.47 Å². The van der Waals surface area contributed by atoms with E-state index in [1.165, 1.54) is 12.8 Å². The lowest BCUT2D eigenvalue weighted by Gasteiger charge is -2.49. The Morgan fingerprint density at radius 2 is 1.97 bits per heavy atom. The third kappa shape index (κ3) is 7.61. The quantitative estimate of drug-likeness (QED) is 0.552. The van der Waals surface area contributed by atoms with E-state index in [4.69, 9.17) is 9.47 Å². The van der Waals surface area contributed by atoms with Crippen molar-refractivity contribution in [3.63, 3.8) is 0 Å². The summed E-state index contributed by atoms with van der Waals surface area (Å²) >= 11 is 0. The van der Waals surface area contributed by atoms with E-state index in [-0.39, 0.29) is 12.2 Å². The maximum Gasteiger partial charge on any atom is 0.409 e. The zero-order chi connectivity index (χ0) is 22.4. The number of rotatable bonds is 9. The summed E-state index contributed by atoms with van der Waals surface area (Å²) in [5, 5.41) is 6.23. The molecule has 1 aliphatic carbocycles. The largest absolute Gasteiger partial charge is 0.450 e. The van der Waals surface area contributed by atoms with Crippen LogP contribution in [0.4, 0.5) is 9.59 Å². The van der Waals surface area contributed by atoms with Gasteiger partial charge in [0.2, 0.25) is 0 Å². The Morgan fingerprint density at radius 3 is 2.60 bits per heavy atom. The first kappa shape index (κ1) is 24.7. The summed E-state index contributed by atoms with van der Waals surface area (Å²) in [6.07, 6.45) is 3.96. The lowest BCUT2D eigenvalue weighted by atomic mass is 9.64. The Balaban J connectivity index is 1.56. The number of hydrogen-bond acceptors (Lipinski definition) is 6. The summed E-state index contributed by atoms with van der Waals surface area (Å²) in [6.45, 7) is 14.0. The summed E-state index contributed by atoms with van der Waals surface area (Å²) in [4.78, 5) is 27.9. The van der Waals surface area contributed by atoms with E-state index in [0.29, 0.717) is 30.7 Å². The first-order valence-corrected chi connectivity index (χ1v) is 11.4. The zero-order valence-corrected chi connectivity index (χ0v) is 19.8. The highest BCUT2D eigenvalue weighted by Crippen LogP contribution is 2.50. The summed E-state index contributed by atoms with van der Waals surface area (Å²) < 4.78 is 10.4. The fourth-order valence-corrected chi connectivity index (χ4v) is 4.37. The molecule has 1 heterocycles. The average molecular weight is 427 g/mol. The molecule has 0 aromatic carbocycles. The minimum absolute atomic E-state index is 0.160. The van der Waals surface area contributed by atoms with Gasteiger partial charge in [-0.15, -0.1) is 0 Å². The maximum absolute atomic E-state index is 11.9. The van der Waals surface area contributed by atoms with E-state index in [1.54, 1.807) is 0 Å². The fraction of sp³-hybridized carbons (Fsp3) is 0.909. The molecule has 1 spiro atoms. The molecule has 2 fully saturated rings. The van der Waals surface area contributed by atoms with Crippen LogP contribution >= 0.6 is 0 Å². The van der Waals surface area contributed by atoms with Gasteiger partial charge in [0.15, 0.2) is 0 Å². The highest BCUT2D eigenvalue weighted by atomic mass is 16.6. The van der Waals surface area contributed by atoms with Crippen molar-refractivity contribution >= 4 is 12.2 Å². The third-order valence-electron chi connectivity index (χ3n) is 6.13. The SMILES string of the molecule is CCOC(=O)N1CCC2(CC(N(C)CCC(C)NCCNC(=O)OC(C)(C)C)C2)C1. The van der Waals surface area contributed by atoms with E-state index in [1.807, 2.05) is 32.6 Å². The van der Waals surface area contributed by atoms with Gasteiger partial charge in [0, 0.05) is 38.3 Å². The molecule has 1 saturated carbocycles. The van der Waals surface area contributed by atoms with E-state index in [2.05, 4.69) is 29.5 Å². The van der Waals surface area contributed by atoms with Crippen molar-refractivity contribution in [3.8, 4) is 0 Å². The van der Waals surface area contributed by atoms with Gasteiger partial charge < -0.3 is 29.9 Å². The first-order chi connectivity index (χ1) is 14.0. The van der Waals surface area contributed by atoms with Crippen LogP contribution in [0.3, 0.4) is 0 Å². The number of ether oxygens (including phenoxy) is 2. The highest BCUT2D eigenvalue weighted by Gasteiger charge is 2.50. The van der Waals surface area contributed by atoms with E-state index in [0.717, 1.165) is 39.0 Å². The molecule has 1 aliphatic heterocycles. The molecule has 2 amide bonds. The molecular weight excluding hydrogens is 384 g/mol. The molecule has 1 atom stereocenters. The number of alkyl carbamates (subject to hydrolysis) is 1. The molecule has 1 saturated heterocycles. The predicted molar refractivity (Wildman–Crippen MR) is 118 cm³/mol. The summed E-state index contributed by atoms with van der Waals surface area (Å²) in [6, 6.07) is 0.987. The molecule has 174 valence electrons. The minimum Gasteiger partial charge on any atom is -0.450 e. The van der Waals surface area contributed by atoms with Crippen LogP contribution in [0.2, 0.25) is 0 Å². The minimum atomic E-state index is -0.467. The Hall–Kier alpha value is -1.54. The molecule has 2 aliphatic rings. The molecule has 1 unspecified atom stereocenters. The average Bonchev–Trinajstić information content (AvgIpc) is 3.07. The van der Waals surface area contributed by atoms with Crippen molar-refractivity contribution in [2.75, 3.05) is 46.4 Å². The molecule has 8 heteroatoms. The van der Waals surface area contributed by atoms with Crippen LogP contribution < -0.4 is 10.6 Å². The van der Waals surface area contributed by atoms with Crippen molar-refractivity contribution in [2.45, 2.75) is 78.0 Å². The van der Waals surface area contributed by atoms with Gasteiger partial charge in [-0.3, -0.25) is 0 Å². The van der Waals surface area contributed by atoms with Crippen LogP contribution in [0.15, 0.2) is 0 Å². The standard InChI is InChI=1S/C22H42N4O4/c1-7-29-20(28)26-13-9-22(16-26)14-18(15-22)25(6)12-8-17(2)23-10-11-24-19(27)30-21(3,4)5/h17-18,23H,7-16H2,1-6H3,(H,24,27). The molecule has 8 nitrogen and oxygen atoms in total. The molecule has 2 rings (SSSR count). The molecule has 0 radical (unpaired) electrons. The van der Waals surface area contributed by atoms with Crippen LogP contribution in [0.5, 0.6) is 0 Å². The van der Waals surface area contributed by atoms with Crippen LogP contribution in [0, 0.1) is 5.41 Å². The Kier molecular flexibility index (Phi) is 8.79. The monoisotopic (exact) mass is 426 g/mol. The highest BCUT2D eigenvalue weighted by molar-refractivity contribution is 5.68. The third-order valence-corrected chi connectivity index (χ3v) is 6.13. The molecule has 0 aromatic heterocycles. The normalized spacial score (nSPS) is 24.6. The number of nitrogens with zero attached hydrogens (tertiary/aromatic N) is 2. The van der Waals surface area contributed by atoms with Gasteiger partial charge in [0.1, 0.15) is 5.60 Å². The topological polar surface area (TPSA) is 83.1 Å². The van der Waals surface area contributed by atoms with Gasteiger partial charge in [-0.1, -0.05) is 0 Å². The summed E-state index contributed by atoms with van der Waals surface area (Å²) in [5.74, 6) is 0. The number of nitrogens with one attached hydrogen (secondary N) is 2. The van der Waals surface area contributed by atoms with Gasteiger partial charge in [-0.2, -0.15) is 0 Å².